The number of anilines is 1. The molecule has 7 nitrogen and oxygen atoms in total. The van der Waals surface area contributed by atoms with Crippen molar-refractivity contribution in [1.29, 1.82) is 0 Å². The molecular formula is C21H22N4O3. The lowest BCUT2D eigenvalue weighted by Gasteiger charge is -2.25. The van der Waals surface area contributed by atoms with Crippen molar-refractivity contribution in [2.45, 2.75) is 45.8 Å². The minimum Gasteiger partial charge on any atom is -0.473 e. The maximum absolute atomic E-state index is 10.7. The standard InChI is InChI=1S/C21H22N4O3/c1-13-3-4-15(11-22-13)21-17(14(2)28-25-21)12-27-20-8-7-18-19(24-20)6-5-16(23-18)9-10-26/h3-4,7-8,10-11,16,23H,5-6,9,12H2,1-2H3. The van der Waals surface area contributed by atoms with Gasteiger partial charge >= 0.3 is 0 Å². The average molecular weight is 378 g/mol. The van der Waals surface area contributed by atoms with Crippen LogP contribution < -0.4 is 10.1 Å². The largest absolute Gasteiger partial charge is 0.473 e. The van der Waals surface area contributed by atoms with Crippen LogP contribution in [0.2, 0.25) is 0 Å². The molecule has 1 atom stereocenters. The van der Waals surface area contributed by atoms with Gasteiger partial charge in [0.1, 0.15) is 24.3 Å². The molecule has 0 saturated carbocycles. The number of aldehydes is 1. The van der Waals surface area contributed by atoms with Crippen molar-refractivity contribution >= 4 is 12.0 Å². The number of hydrogen-bond acceptors (Lipinski definition) is 7. The third-order valence-corrected chi connectivity index (χ3v) is 4.95. The number of pyridine rings is 2. The highest BCUT2D eigenvalue weighted by Gasteiger charge is 2.20. The number of fused-ring (bicyclic) bond motifs is 1. The molecule has 7 heteroatoms. The summed E-state index contributed by atoms with van der Waals surface area (Å²) in [7, 11) is 0. The predicted octanol–water partition coefficient (Wildman–Crippen LogP) is 3.64. The van der Waals surface area contributed by atoms with E-state index in [4.69, 9.17) is 9.26 Å². The number of rotatable bonds is 6. The molecule has 0 radical (unpaired) electrons. The molecule has 0 saturated heterocycles. The summed E-state index contributed by atoms with van der Waals surface area (Å²) in [5.41, 5.74) is 5.40. The van der Waals surface area contributed by atoms with E-state index in [1.165, 1.54) is 0 Å². The van der Waals surface area contributed by atoms with Gasteiger partial charge in [0, 0.05) is 36.0 Å². The van der Waals surface area contributed by atoms with Gasteiger partial charge in [-0.05, 0) is 44.9 Å². The normalized spacial score (nSPS) is 15.6. The Labute approximate surface area is 163 Å². The van der Waals surface area contributed by atoms with Gasteiger partial charge in [0.05, 0.1) is 16.9 Å². The zero-order valence-electron chi connectivity index (χ0n) is 15.9. The molecule has 0 amide bonds. The van der Waals surface area contributed by atoms with Gasteiger partial charge in [0.2, 0.25) is 5.88 Å². The first-order chi connectivity index (χ1) is 13.6. The Morgan fingerprint density at radius 2 is 2.18 bits per heavy atom. The molecule has 28 heavy (non-hydrogen) atoms. The number of aromatic nitrogens is 3. The van der Waals surface area contributed by atoms with Gasteiger partial charge in [-0.15, -0.1) is 0 Å². The van der Waals surface area contributed by atoms with E-state index in [0.717, 1.165) is 53.0 Å². The van der Waals surface area contributed by atoms with Crippen molar-refractivity contribution in [2.75, 3.05) is 5.32 Å². The maximum Gasteiger partial charge on any atom is 0.213 e. The van der Waals surface area contributed by atoms with Crippen LogP contribution in [-0.4, -0.2) is 27.5 Å². The maximum atomic E-state index is 10.7. The van der Waals surface area contributed by atoms with E-state index in [9.17, 15) is 4.79 Å². The molecule has 0 aromatic carbocycles. The third-order valence-electron chi connectivity index (χ3n) is 4.95. The molecule has 1 N–H and O–H groups in total. The lowest BCUT2D eigenvalue weighted by Crippen LogP contribution is -2.26. The average Bonchev–Trinajstić information content (AvgIpc) is 3.07. The first-order valence-electron chi connectivity index (χ1n) is 9.35. The number of carbonyl (C=O) groups is 1. The minimum atomic E-state index is 0.184. The molecule has 0 fully saturated rings. The highest BCUT2D eigenvalue weighted by molar-refractivity contribution is 5.62. The molecule has 3 aromatic rings. The lowest BCUT2D eigenvalue weighted by molar-refractivity contribution is -0.108. The van der Waals surface area contributed by atoms with E-state index in [-0.39, 0.29) is 6.04 Å². The number of nitrogens with zero attached hydrogens (tertiary/aromatic N) is 3. The van der Waals surface area contributed by atoms with E-state index in [1.54, 1.807) is 6.20 Å². The fourth-order valence-electron chi connectivity index (χ4n) is 3.32. The van der Waals surface area contributed by atoms with Crippen molar-refractivity contribution in [3.05, 3.63) is 53.2 Å². The summed E-state index contributed by atoms with van der Waals surface area (Å²) < 4.78 is 11.3. The van der Waals surface area contributed by atoms with Crippen LogP contribution in [0.25, 0.3) is 11.3 Å². The van der Waals surface area contributed by atoms with Crippen LogP contribution in [0.15, 0.2) is 35.0 Å². The van der Waals surface area contributed by atoms with Crippen molar-refractivity contribution in [3.8, 4) is 17.1 Å². The fraction of sp³-hybridized carbons (Fsp3) is 0.333. The van der Waals surface area contributed by atoms with Crippen molar-refractivity contribution in [2.24, 2.45) is 0 Å². The number of hydrogen-bond donors (Lipinski definition) is 1. The second kappa shape index (κ2) is 7.80. The number of nitrogens with one attached hydrogen (secondary N) is 1. The number of aryl methyl sites for hydroxylation is 3. The molecule has 0 bridgehead atoms. The van der Waals surface area contributed by atoms with Gasteiger partial charge in [0.15, 0.2) is 0 Å². The molecule has 4 rings (SSSR count). The van der Waals surface area contributed by atoms with Crippen LogP contribution in [0.4, 0.5) is 5.69 Å². The lowest BCUT2D eigenvalue weighted by atomic mass is 10.0. The van der Waals surface area contributed by atoms with Gasteiger partial charge in [-0.3, -0.25) is 4.98 Å². The van der Waals surface area contributed by atoms with E-state index in [1.807, 2.05) is 38.1 Å². The molecule has 4 heterocycles. The smallest absolute Gasteiger partial charge is 0.213 e. The van der Waals surface area contributed by atoms with Crippen LogP contribution in [-0.2, 0) is 17.8 Å². The molecule has 1 unspecified atom stereocenters. The summed E-state index contributed by atoms with van der Waals surface area (Å²) in [6.45, 7) is 4.12. The monoisotopic (exact) mass is 378 g/mol. The molecule has 3 aromatic heterocycles. The Hall–Kier alpha value is -3.22. The molecular weight excluding hydrogens is 356 g/mol. The van der Waals surface area contributed by atoms with E-state index >= 15 is 0 Å². The first-order valence-corrected chi connectivity index (χ1v) is 9.35. The Bertz CT molecular complexity index is 982. The van der Waals surface area contributed by atoms with Crippen LogP contribution in [0.1, 0.15) is 35.6 Å². The van der Waals surface area contributed by atoms with Crippen molar-refractivity contribution in [3.63, 3.8) is 0 Å². The summed E-state index contributed by atoms with van der Waals surface area (Å²) in [4.78, 5) is 19.7. The zero-order valence-corrected chi connectivity index (χ0v) is 15.9. The number of carbonyl (C=O) groups excluding carboxylic acids is 1. The quantitative estimate of drug-likeness (QED) is 0.655. The van der Waals surface area contributed by atoms with Crippen molar-refractivity contribution in [1.82, 2.24) is 15.1 Å². The second-order valence-corrected chi connectivity index (χ2v) is 6.97. The highest BCUT2D eigenvalue weighted by atomic mass is 16.5. The van der Waals surface area contributed by atoms with E-state index < -0.39 is 0 Å². The number of ether oxygens (including phenoxy) is 1. The van der Waals surface area contributed by atoms with Gasteiger partial charge in [-0.2, -0.15) is 0 Å². The Balaban J connectivity index is 1.49. The Kier molecular flexibility index (Phi) is 5.06. The van der Waals surface area contributed by atoms with E-state index in [0.29, 0.717) is 24.7 Å². The summed E-state index contributed by atoms with van der Waals surface area (Å²) in [6.07, 6.45) is 4.97. The SMILES string of the molecule is Cc1ccc(-c2noc(C)c2COc2ccc3c(n2)CCC(CC=O)N3)cn1. The summed E-state index contributed by atoms with van der Waals surface area (Å²) in [6, 6.07) is 7.90. The summed E-state index contributed by atoms with van der Waals surface area (Å²) in [5, 5.41) is 7.53. The first kappa shape index (κ1) is 18.2. The highest BCUT2D eigenvalue weighted by Crippen LogP contribution is 2.29. The summed E-state index contributed by atoms with van der Waals surface area (Å²) >= 11 is 0. The van der Waals surface area contributed by atoms with Crippen molar-refractivity contribution < 1.29 is 14.1 Å². The topological polar surface area (TPSA) is 90.1 Å². The third kappa shape index (κ3) is 3.74. The van der Waals surface area contributed by atoms with Crippen LogP contribution in [0.3, 0.4) is 0 Å². The molecule has 0 spiro atoms. The Morgan fingerprint density at radius 3 is 2.96 bits per heavy atom. The van der Waals surface area contributed by atoms with Crippen LogP contribution in [0.5, 0.6) is 5.88 Å². The van der Waals surface area contributed by atoms with Crippen LogP contribution in [0, 0.1) is 13.8 Å². The van der Waals surface area contributed by atoms with Gasteiger partial charge in [0.25, 0.3) is 0 Å². The van der Waals surface area contributed by atoms with Gasteiger partial charge in [-0.25, -0.2) is 4.98 Å². The van der Waals surface area contributed by atoms with E-state index in [2.05, 4.69) is 20.4 Å². The molecule has 1 aliphatic rings. The zero-order chi connectivity index (χ0) is 19.5. The Morgan fingerprint density at radius 1 is 1.29 bits per heavy atom. The molecule has 1 aliphatic heterocycles. The van der Waals surface area contributed by atoms with Gasteiger partial charge < -0.3 is 19.4 Å². The minimum absolute atomic E-state index is 0.184. The predicted molar refractivity (Wildman–Crippen MR) is 104 cm³/mol. The molecule has 144 valence electrons. The van der Waals surface area contributed by atoms with Gasteiger partial charge in [-0.1, -0.05) is 5.16 Å². The second-order valence-electron chi connectivity index (χ2n) is 6.97. The summed E-state index contributed by atoms with van der Waals surface area (Å²) in [5.74, 6) is 1.27. The molecule has 0 aliphatic carbocycles. The fourth-order valence-corrected chi connectivity index (χ4v) is 3.32. The van der Waals surface area contributed by atoms with Crippen LogP contribution >= 0.6 is 0 Å².